The van der Waals surface area contributed by atoms with Gasteiger partial charge in [-0.3, -0.25) is 0 Å². The molecule has 0 fully saturated rings. The summed E-state index contributed by atoms with van der Waals surface area (Å²) < 4.78 is 13.4. The zero-order valence-corrected chi connectivity index (χ0v) is 11.7. The molecule has 0 aromatic heterocycles. The molecule has 100 valence electrons. The van der Waals surface area contributed by atoms with Gasteiger partial charge in [-0.2, -0.15) is 0 Å². The minimum Gasteiger partial charge on any atom is -0.313 e. The second kappa shape index (κ2) is 6.69. The van der Waals surface area contributed by atoms with Crippen LogP contribution < -0.4 is 5.32 Å². The van der Waals surface area contributed by atoms with E-state index < -0.39 is 0 Å². The topological polar surface area (TPSA) is 12.0 Å². The van der Waals surface area contributed by atoms with Crippen LogP contribution in [0, 0.1) is 5.82 Å². The van der Waals surface area contributed by atoms with Gasteiger partial charge in [0.25, 0.3) is 0 Å². The standard InChI is InChI=1S/C16H17ClFN/c1-2-9-19-11-12-5-3-4-6-14(12)15-10-13(18)7-8-16(15)17/h3-8,10,19H,2,9,11H2,1H3. The lowest BCUT2D eigenvalue weighted by molar-refractivity contribution is 0.628. The summed E-state index contributed by atoms with van der Waals surface area (Å²) in [5, 5.41) is 3.93. The SMILES string of the molecule is CCCNCc1ccccc1-c1cc(F)ccc1Cl. The second-order valence-corrected chi connectivity index (χ2v) is 4.87. The van der Waals surface area contributed by atoms with Gasteiger partial charge in [0.05, 0.1) is 0 Å². The molecule has 0 radical (unpaired) electrons. The van der Waals surface area contributed by atoms with E-state index in [1.165, 1.54) is 12.1 Å². The molecule has 2 aromatic rings. The molecule has 0 aliphatic rings. The van der Waals surface area contributed by atoms with Crippen molar-refractivity contribution < 1.29 is 4.39 Å². The first-order valence-electron chi connectivity index (χ1n) is 6.46. The molecule has 0 atom stereocenters. The first kappa shape index (κ1) is 14.0. The van der Waals surface area contributed by atoms with Crippen LogP contribution in [0.1, 0.15) is 18.9 Å². The largest absolute Gasteiger partial charge is 0.313 e. The molecule has 1 nitrogen and oxygen atoms in total. The van der Waals surface area contributed by atoms with Crippen LogP contribution in [0.4, 0.5) is 4.39 Å². The van der Waals surface area contributed by atoms with Crippen molar-refractivity contribution in [1.29, 1.82) is 0 Å². The van der Waals surface area contributed by atoms with Gasteiger partial charge in [0, 0.05) is 17.1 Å². The van der Waals surface area contributed by atoms with Crippen molar-refractivity contribution in [2.75, 3.05) is 6.54 Å². The van der Waals surface area contributed by atoms with Gasteiger partial charge in [-0.1, -0.05) is 42.8 Å². The Labute approximate surface area is 118 Å². The quantitative estimate of drug-likeness (QED) is 0.785. The molecule has 2 aromatic carbocycles. The molecular weight excluding hydrogens is 261 g/mol. The van der Waals surface area contributed by atoms with E-state index in [0.29, 0.717) is 5.02 Å². The lowest BCUT2D eigenvalue weighted by Crippen LogP contribution is -2.14. The van der Waals surface area contributed by atoms with Crippen molar-refractivity contribution in [3.8, 4) is 11.1 Å². The fourth-order valence-corrected chi connectivity index (χ4v) is 2.26. The van der Waals surface area contributed by atoms with Gasteiger partial charge in [-0.15, -0.1) is 0 Å². The van der Waals surface area contributed by atoms with Gasteiger partial charge in [0.15, 0.2) is 0 Å². The number of hydrogen-bond donors (Lipinski definition) is 1. The van der Waals surface area contributed by atoms with Crippen molar-refractivity contribution in [2.45, 2.75) is 19.9 Å². The molecule has 0 unspecified atom stereocenters. The van der Waals surface area contributed by atoms with Crippen LogP contribution in [0.15, 0.2) is 42.5 Å². The summed E-state index contributed by atoms with van der Waals surface area (Å²) in [5.41, 5.74) is 2.86. The fourth-order valence-electron chi connectivity index (χ4n) is 2.04. The zero-order valence-electron chi connectivity index (χ0n) is 10.9. The van der Waals surface area contributed by atoms with Crippen LogP contribution >= 0.6 is 11.6 Å². The smallest absolute Gasteiger partial charge is 0.123 e. The third-order valence-corrected chi connectivity index (χ3v) is 3.31. The molecule has 0 aliphatic heterocycles. The number of halogens is 2. The monoisotopic (exact) mass is 277 g/mol. The van der Waals surface area contributed by atoms with E-state index in [0.717, 1.165) is 36.2 Å². The van der Waals surface area contributed by atoms with Gasteiger partial charge < -0.3 is 5.32 Å². The highest BCUT2D eigenvalue weighted by atomic mass is 35.5. The lowest BCUT2D eigenvalue weighted by Gasteiger charge is -2.12. The van der Waals surface area contributed by atoms with Crippen LogP contribution in [0.5, 0.6) is 0 Å². The Balaban J connectivity index is 2.35. The highest BCUT2D eigenvalue weighted by Gasteiger charge is 2.09. The molecule has 1 N–H and O–H groups in total. The van der Waals surface area contributed by atoms with Crippen LogP contribution in [-0.4, -0.2) is 6.54 Å². The van der Waals surface area contributed by atoms with Gasteiger partial charge in [0.1, 0.15) is 5.82 Å². The van der Waals surface area contributed by atoms with Crippen molar-refractivity contribution in [3.63, 3.8) is 0 Å². The lowest BCUT2D eigenvalue weighted by atomic mass is 9.99. The summed E-state index contributed by atoms with van der Waals surface area (Å²) >= 11 is 6.18. The molecule has 19 heavy (non-hydrogen) atoms. The Kier molecular flexibility index (Phi) is 4.94. The van der Waals surface area contributed by atoms with Gasteiger partial charge in [-0.25, -0.2) is 4.39 Å². The van der Waals surface area contributed by atoms with Crippen molar-refractivity contribution in [1.82, 2.24) is 5.32 Å². The van der Waals surface area contributed by atoms with E-state index in [9.17, 15) is 4.39 Å². The maximum absolute atomic E-state index is 13.4. The molecule has 3 heteroatoms. The van der Waals surface area contributed by atoms with Crippen LogP contribution in [0.3, 0.4) is 0 Å². The minimum atomic E-state index is -0.268. The highest BCUT2D eigenvalue weighted by Crippen LogP contribution is 2.31. The van der Waals surface area contributed by atoms with E-state index in [1.807, 2.05) is 24.3 Å². The maximum Gasteiger partial charge on any atom is 0.123 e. The van der Waals surface area contributed by atoms with E-state index in [-0.39, 0.29) is 5.82 Å². The number of benzene rings is 2. The predicted octanol–water partition coefficient (Wildman–Crippen LogP) is 4.65. The molecule has 0 saturated carbocycles. The van der Waals surface area contributed by atoms with E-state index >= 15 is 0 Å². The Hall–Kier alpha value is -1.38. The average molecular weight is 278 g/mol. The molecule has 0 saturated heterocycles. The van der Waals surface area contributed by atoms with Gasteiger partial charge >= 0.3 is 0 Å². The summed E-state index contributed by atoms with van der Waals surface area (Å²) in [6.07, 6.45) is 1.09. The van der Waals surface area contributed by atoms with Crippen molar-refractivity contribution >= 4 is 11.6 Å². The zero-order chi connectivity index (χ0) is 13.7. The molecule has 0 spiro atoms. The summed E-state index contributed by atoms with van der Waals surface area (Å²) in [7, 11) is 0. The Morgan fingerprint density at radius 3 is 2.68 bits per heavy atom. The fraction of sp³-hybridized carbons (Fsp3) is 0.250. The predicted molar refractivity (Wildman–Crippen MR) is 78.8 cm³/mol. The Morgan fingerprint density at radius 1 is 1.11 bits per heavy atom. The number of rotatable bonds is 5. The summed E-state index contributed by atoms with van der Waals surface area (Å²) in [4.78, 5) is 0. The molecular formula is C16H17ClFN. The third-order valence-electron chi connectivity index (χ3n) is 2.98. The number of nitrogens with one attached hydrogen (secondary N) is 1. The molecule has 0 aliphatic carbocycles. The van der Waals surface area contributed by atoms with Crippen LogP contribution in [0.25, 0.3) is 11.1 Å². The molecule has 0 heterocycles. The Bertz CT molecular complexity index is 554. The first-order valence-corrected chi connectivity index (χ1v) is 6.84. The van der Waals surface area contributed by atoms with Crippen LogP contribution in [-0.2, 0) is 6.54 Å². The van der Waals surface area contributed by atoms with Crippen molar-refractivity contribution in [2.24, 2.45) is 0 Å². The average Bonchev–Trinajstić information content (AvgIpc) is 2.42. The van der Waals surface area contributed by atoms with Crippen LogP contribution in [0.2, 0.25) is 5.02 Å². The van der Waals surface area contributed by atoms with E-state index in [4.69, 9.17) is 11.6 Å². The van der Waals surface area contributed by atoms with E-state index in [1.54, 1.807) is 6.07 Å². The second-order valence-electron chi connectivity index (χ2n) is 4.46. The third kappa shape index (κ3) is 3.55. The minimum absolute atomic E-state index is 0.268. The molecule has 2 rings (SSSR count). The van der Waals surface area contributed by atoms with Crippen molar-refractivity contribution in [3.05, 3.63) is 58.9 Å². The first-order chi connectivity index (χ1) is 9.22. The van der Waals surface area contributed by atoms with Gasteiger partial charge in [0.2, 0.25) is 0 Å². The normalized spacial score (nSPS) is 10.7. The van der Waals surface area contributed by atoms with E-state index in [2.05, 4.69) is 12.2 Å². The number of hydrogen-bond acceptors (Lipinski definition) is 1. The highest BCUT2D eigenvalue weighted by molar-refractivity contribution is 6.33. The summed E-state index contributed by atoms with van der Waals surface area (Å²) in [6.45, 7) is 3.85. The maximum atomic E-state index is 13.4. The Morgan fingerprint density at radius 2 is 1.89 bits per heavy atom. The molecule has 0 bridgehead atoms. The summed E-state index contributed by atoms with van der Waals surface area (Å²) in [5.74, 6) is -0.268. The summed E-state index contributed by atoms with van der Waals surface area (Å²) in [6, 6.07) is 12.4. The van der Waals surface area contributed by atoms with Gasteiger partial charge in [-0.05, 0) is 42.3 Å². The molecule has 0 amide bonds.